The van der Waals surface area contributed by atoms with Crippen molar-refractivity contribution in [3.63, 3.8) is 0 Å². The molecule has 2 heterocycles. The van der Waals surface area contributed by atoms with Gasteiger partial charge in [0.2, 0.25) is 5.91 Å². The fraction of sp³-hybridized carbons (Fsp3) is 0.375. The molecule has 1 fully saturated rings. The first-order valence-corrected chi connectivity index (χ1v) is 7.15. The standard InChI is InChI=1S/C16H19N3O/c20-15-10-14(7-3-8-17-15)19-11-13-5-1-4-12-6-2-9-18-16(12)13/h1-2,4-6,9,14,19H,3,7-8,10-11H2,(H,17,20). The summed E-state index contributed by atoms with van der Waals surface area (Å²) in [5, 5.41) is 7.57. The second-order valence-electron chi connectivity index (χ2n) is 5.27. The molecular formula is C16H19N3O. The van der Waals surface area contributed by atoms with Crippen molar-refractivity contribution in [3.05, 3.63) is 42.1 Å². The normalized spacial score (nSPS) is 19.6. The fourth-order valence-electron chi connectivity index (χ4n) is 2.71. The monoisotopic (exact) mass is 269 g/mol. The zero-order valence-electron chi connectivity index (χ0n) is 11.4. The molecule has 1 amide bonds. The summed E-state index contributed by atoms with van der Waals surface area (Å²) in [6.07, 6.45) is 4.47. The smallest absolute Gasteiger partial charge is 0.221 e. The van der Waals surface area contributed by atoms with E-state index >= 15 is 0 Å². The predicted molar refractivity (Wildman–Crippen MR) is 79.2 cm³/mol. The van der Waals surface area contributed by atoms with Crippen molar-refractivity contribution in [1.82, 2.24) is 15.6 Å². The van der Waals surface area contributed by atoms with Gasteiger partial charge in [-0.1, -0.05) is 24.3 Å². The number of benzene rings is 1. The Labute approximate surface area is 118 Å². The van der Waals surface area contributed by atoms with Crippen LogP contribution in [0.2, 0.25) is 0 Å². The van der Waals surface area contributed by atoms with Crippen molar-refractivity contribution in [3.8, 4) is 0 Å². The first-order chi connectivity index (χ1) is 9.83. The van der Waals surface area contributed by atoms with Crippen molar-refractivity contribution >= 4 is 16.8 Å². The van der Waals surface area contributed by atoms with E-state index in [-0.39, 0.29) is 11.9 Å². The molecule has 2 aromatic rings. The molecule has 20 heavy (non-hydrogen) atoms. The van der Waals surface area contributed by atoms with Crippen molar-refractivity contribution < 1.29 is 4.79 Å². The molecule has 1 saturated heterocycles. The molecule has 1 aromatic heterocycles. The second kappa shape index (κ2) is 6.01. The maximum Gasteiger partial charge on any atom is 0.221 e. The third-order valence-electron chi connectivity index (χ3n) is 3.78. The lowest BCUT2D eigenvalue weighted by atomic mass is 10.1. The number of nitrogens with zero attached hydrogens (tertiary/aromatic N) is 1. The maximum absolute atomic E-state index is 11.6. The van der Waals surface area contributed by atoms with Crippen LogP contribution in [-0.2, 0) is 11.3 Å². The van der Waals surface area contributed by atoms with Crippen LogP contribution in [0.4, 0.5) is 0 Å². The van der Waals surface area contributed by atoms with Gasteiger partial charge < -0.3 is 10.6 Å². The van der Waals surface area contributed by atoms with Gasteiger partial charge in [0.15, 0.2) is 0 Å². The maximum atomic E-state index is 11.6. The van der Waals surface area contributed by atoms with Crippen LogP contribution in [0.25, 0.3) is 10.9 Å². The van der Waals surface area contributed by atoms with Gasteiger partial charge in [0.05, 0.1) is 5.52 Å². The van der Waals surface area contributed by atoms with E-state index in [1.807, 2.05) is 12.3 Å². The summed E-state index contributed by atoms with van der Waals surface area (Å²) in [5.74, 6) is 0.149. The van der Waals surface area contributed by atoms with Gasteiger partial charge in [-0.25, -0.2) is 0 Å². The molecule has 1 atom stereocenters. The van der Waals surface area contributed by atoms with Crippen LogP contribution < -0.4 is 10.6 Å². The molecule has 3 rings (SSSR count). The highest BCUT2D eigenvalue weighted by molar-refractivity contribution is 5.81. The van der Waals surface area contributed by atoms with E-state index in [4.69, 9.17) is 0 Å². The Bertz CT molecular complexity index is 606. The van der Waals surface area contributed by atoms with Crippen molar-refractivity contribution in [2.24, 2.45) is 0 Å². The molecule has 1 aliphatic rings. The summed E-state index contributed by atoms with van der Waals surface area (Å²) < 4.78 is 0. The lowest BCUT2D eigenvalue weighted by molar-refractivity contribution is -0.121. The Morgan fingerprint density at radius 2 is 2.20 bits per heavy atom. The molecule has 1 aliphatic heterocycles. The Kier molecular flexibility index (Phi) is 3.92. The Morgan fingerprint density at radius 3 is 3.15 bits per heavy atom. The molecule has 0 spiro atoms. The number of amides is 1. The average Bonchev–Trinajstić information content (AvgIpc) is 2.69. The van der Waals surface area contributed by atoms with Gasteiger partial charge in [0, 0.05) is 37.1 Å². The first kappa shape index (κ1) is 13.1. The minimum absolute atomic E-state index is 0.149. The highest BCUT2D eigenvalue weighted by Crippen LogP contribution is 2.16. The van der Waals surface area contributed by atoms with Crippen molar-refractivity contribution in [2.75, 3.05) is 6.54 Å². The zero-order valence-corrected chi connectivity index (χ0v) is 11.4. The summed E-state index contributed by atoms with van der Waals surface area (Å²) in [5.41, 5.74) is 2.23. The molecular weight excluding hydrogens is 250 g/mol. The molecule has 2 N–H and O–H groups in total. The van der Waals surface area contributed by atoms with Crippen LogP contribution >= 0.6 is 0 Å². The number of para-hydroxylation sites is 1. The molecule has 4 nitrogen and oxygen atoms in total. The third-order valence-corrected chi connectivity index (χ3v) is 3.78. The van der Waals surface area contributed by atoms with Crippen LogP contribution in [0.1, 0.15) is 24.8 Å². The van der Waals surface area contributed by atoms with Crippen molar-refractivity contribution in [2.45, 2.75) is 31.8 Å². The summed E-state index contributed by atoms with van der Waals surface area (Å²) >= 11 is 0. The quantitative estimate of drug-likeness (QED) is 0.896. The summed E-state index contributed by atoms with van der Waals surface area (Å²) in [6, 6.07) is 10.5. The van der Waals surface area contributed by atoms with Crippen LogP contribution in [-0.4, -0.2) is 23.5 Å². The summed E-state index contributed by atoms with van der Waals surface area (Å²) in [4.78, 5) is 16.0. The molecule has 0 bridgehead atoms. The molecule has 4 heteroatoms. The summed E-state index contributed by atoms with van der Waals surface area (Å²) in [6.45, 7) is 1.55. The third kappa shape index (κ3) is 2.96. The first-order valence-electron chi connectivity index (χ1n) is 7.15. The van der Waals surface area contributed by atoms with E-state index in [0.717, 1.165) is 36.8 Å². The minimum atomic E-state index is 0.149. The number of nitrogens with one attached hydrogen (secondary N) is 2. The lowest BCUT2D eigenvalue weighted by Crippen LogP contribution is -2.32. The Balaban J connectivity index is 1.72. The van der Waals surface area contributed by atoms with Crippen LogP contribution in [0.5, 0.6) is 0 Å². The highest BCUT2D eigenvalue weighted by atomic mass is 16.1. The van der Waals surface area contributed by atoms with E-state index in [1.54, 1.807) is 0 Å². The van der Waals surface area contributed by atoms with E-state index in [0.29, 0.717) is 6.42 Å². The molecule has 0 radical (unpaired) electrons. The van der Waals surface area contributed by atoms with Crippen LogP contribution in [0.15, 0.2) is 36.5 Å². The van der Waals surface area contributed by atoms with Gasteiger partial charge in [-0.15, -0.1) is 0 Å². The number of hydrogen-bond acceptors (Lipinski definition) is 3. The van der Waals surface area contributed by atoms with Gasteiger partial charge in [0.1, 0.15) is 0 Å². The molecule has 104 valence electrons. The Hall–Kier alpha value is -1.94. The number of aromatic nitrogens is 1. The van der Waals surface area contributed by atoms with E-state index in [2.05, 4.69) is 39.9 Å². The van der Waals surface area contributed by atoms with Gasteiger partial charge in [-0.3, -0.25) is 9.78 Å². The topological polar surface area (TPSA) is 54.0 Å². The fourth-order valence-corrected chi connectivity index (χ4v) is 2.71. The molecule has 0 aliphatic carbocycles. The highest BCUT2D eigenvalue weighted by Gasteiger charge is 2.16. The largest absolute Gasteiger partial charge is 0.356 e. The number of pyridine rings is 1. The zero-order chi connectivity index (χ0) is 13.8. The average molecular weight is 269 g/mol. The number of carbonyl (C=O) groups excluding carboxylic acids is 1. The van der Waals surface area contributed by atoms with Crippen molar-refractivity contribution in [1.29, 1.82) is 0 Å². The van der Waals surface area contributed by atoms with E-state index in [1.165, 1.54) is 5.56 Å². The molecule has 1 aromatic carbocycles. The SMILES string of the molecule is O=C1CC(NCc2cccc3cccnc23)CCCN1. The minimum Gasteiger partial charge on any atom is -0.356 e. The molecule has 1 unspecified atom stereocenters. The Morgan fingerprint density at radius 1 is 1.30 bits per heavy atom. The van der Waals surface area contributed by atoms with Gasteiger partial charge >= 0.3 is 0 Å². The van der Waals surface area contributed by atoms with Gasteiger partial charge in [-0.2, -0.15) is 0 Å². The van der Waals surface area contributed by atoms with E-state index < -0.39 is 0 Å². The van der Waals surface area contributed by atoms with Gasteiger partial charge in [0.25, 0.3) is 0 Å². The number of rotatable bonds is 3. The van der Waals surface area contributed by atoms with Gasteiger partial charge in [-0.05, 0) is 24.5 Å². The second-order valence-corrected chi connectivity index (χ2v) is 5.27. The number of fused-ring (bicyclic) bond motifs is 1. The van der Waals surface area contributed by atoms with E-state index in [9.17, 15) is 4.79 Å². The number of hydrogen-bond donors (Lipinski definition) is 2. The van der Waals surface area contributed by atoms with Crippen LogP contribution in [0.3, 0.4) is 0 Å². The molecule has 0 saturated carbocycles. The summed E-state index contributed by atoms with van der Waals surface area (Å²) in [7, 11) is 0. The lowest BCUT2D eigenvalue weighted by Gasteiger charge is -2.15. The van der Waals surface area contributed by atoms with Crippen LogP contribution in [0, 0.1) is 0 Å². The predicted octanol–water partition coefficient (Wildman–Crippen LogP) is 1.99. The number of carbonyl (C=O) groups is 1.